The van der Waals surface area contributed by atoms with Gasteiger partial charge in [-0.2, -0.15) is 0 Å². The Bertz CT molecular complexity index is 408. The van der Waals surface area contributed by atoms with Crippen LogP contribution >= 0.6 is 0 Å². The monoisotopic (exact) mass is 294 g/mol. The van der Waals surface area contributed by atoms with E-state index in [2.05, 4.69) is 56.2 Å². The highest BCUT2D eigenvalue weighted by molar-refractivity contribution is 5.53. The lowest BCUT2D eigenvalue weighted by molar-refractivity contribution is 0.0846. The molecular formula is C17H30N2O2. The second-order valence-corrected chi connectivity index (χ2v) is 5.63. The number of hydrogen-bond donors (Lipinski definition) is 1. The van der Waals surface area contributed by atoms with E-state index in [0.717, 1.165) is 32.8 Å². The van der Waals surface area contributed by atoms with Gasteiger partial charge in [0.05, 0.1) is 19.3 Å². The first-order chi connectivity index (χ1) is 10.0. The van der Waals surface area contributed by atoms with Crippen LogP contribution in [-0.2, 0) is 16.0 Å². The number of ether oxygens (including phenoxy) is 2. The molecule has 0 saturated carbocycles. The highest BCUT2D eigenvalue weighted by Gasteiger charge is 2.06. The molecule has 0 saturated heterocycles. The summed E-state index contributed by atoms with van der Waals surface area (Å²) in [5.74, 6) is 0. The van der Waals surface area contributed by atoms with Crippen LogP contribution in [0.3, 0.4) is 0 Å². The number of hydrogen-bond acceptors (Lipinski definition) is 4. The molecule has 0 fully saturated rings. The Kier molecular flexibility index (Phi) is 8.35. The topological polar surface area (TPSA) is 33.7 Å². The minimum Gasteiger partial charge on any atom is -0.383 e. The van der Waals surface area contributed by atoms with Crippen LogP contribution < -0.4 is 10.2 Å². The summed E-state index contributed by atoms with van der Waals surface area (Å²) in [7, 11) is 3.84. The van der Waals surface area contributed by atoms with Crippen molar-refractivity contribution in [2.75, 3.05) is 45.4 Å². The van der Waals surface area contributed by atoms with Gasteiger partial charge in [-0.15, -0.1) is 0 Å². The van der Waals surface area contributed by atoms with E-state index in [-0.39, 0.29) is 0 Å². The molecule has 0 aromatic heterocycles. The first-order valence-corrected chi connectivity index (χ1v) is 7.66. The molecule has 0 atom stereocenters. The number of anilines is 1. The molecule has 0 aliphatic heterocycles. The molecule has 0 spiro atoms. The van der Waals surface area contributed by atoms with E-state index >= 15 is 0 Å². The number of benzene rings is 1. The van der Waals surface area contributed by atoms with Gasteiger partial charge in [0.25, 0.3) is 0 Å². The van der Waals surface area contributed by atoms with Gasteiger partial charge in [-0.25, -0.2) is 0 Å². The van der Waals surface area contributed by atoms with Crippen molar-refractivity contribution in [2.24, 2.45) is 0 Å². The molecule has 1 rings (SSSR count). The molecule has 4 heteroatoms. The van der Waals surface area contributed by atoms with Gasteiger partial charge in [0.15, 0.2) is 0 Å². The van der Waals surface area contributed by atoms with Crippen molar-refractivity contribution in [3.8, 4) is 0 Å². The lowest BCUT2D eigenvalue weighted by atomic mass is 10.1. The Morgan fingerprint density at radius 2 is 2.00 bits per heavy atom. The Labute approximate surface area is 129 Å². The molecule has 1 N–H and O–H groups in total. The average Bonchev–Trinajstić information content (AvgIpc) is 2.43. The van der Waals surface area contributed by atoms with Gasteiger partial charge in [0.2, 0.25) is 0 Å². The third kappa shape index (κ3) is 6.93. The van der Waals surface area contributed by atoms with E-state index in [1.54, 1.807) is 7.11 Å². The third-order valence-electron chi connectivity index (χ3n) is 3.36. The zero-order chi connectivity index (χ0) is 15.7. The summed E-state index contributed by atoms with van der Waals surface area (Å²) in [5, 5.41) is 3.37. The van der Waals surface area contributed by atoms with E-state index < -0.39 is 0 Å². The maximum absolute atomic E-state index is 5.61. The maximum Gasteiger partial charge on any atom is 0.0644 e. The van der Waals surface area contributed by atoms with Crippen molar-refractivity contribution in [3.63, 3.8) is 0 Å². The summed E-state index contributed by atoms with van der Waals surface area (Å²) in [5.41, 5.74) is 3.87. The van der Waals surface area contributed by atoms with Crippen molar-refractivity contribution in [3.05, 3.63) is 29.3 Å². The molecule has 4 nitrogen and oxygen atoms in total. The fourth-order valence-corrected chi connectivity index (χ4v) is 2.21. The highest BCUT2D eigenvalue weighted by atomic mass is 16.5. The van der Waals surface area contributed by atoms with Crippen LogP contribution in [-0.4, -0.2) is 46.6 Å². The number of nitrogens with zero attached hydrogens (tertiary/aromatic N) is 1. The van der Waals surface area contributed by atoms with Crippen LogP contribution in [0, 0.1) is 6.92 Å². The first-order valence-electron chi connectivity index (χ1n) is 7.66. The van der Waals surface area contributed by atoms with E-state index in [4.69, 9.17) is 9.47 Å². The van der Waals surface area contributed by atoms with Crippen LogP contribution in [0.4, 0.5) is 5.69 Å². The smallest absolute Gasteiger partial charge is 0.0644 e. The van der Waals surface area contributed by atoms with Crippen molar-refractivity contribution < 1.29 is 9.47 Å². The molecule has 0 aliphatic rings. The average molecular weight is 294 g/mol. The number of rotatable bonds is 10. The molecule has 0 bridgehead atoms. The van der Waals surface area contributed by atoms with Crippen LogP contribution in [0.5, 0.6) is 0 Å². The van der Waals surface area contributed by atoms with E-state index in [9.17, 15) is 0 Å². The van der Waals surface area contributed by atoms with E-state index in [1.807, 2.05) is 0 Å². The summed E-state index contributed by atoms with van der Waals surface area (Å²) in [6, 6.07) is 6.62. The summed E-state index contributed by atoms with van der Waals surface area (Å²) < 4.78 is 10.6. The zero-order valence-electron chi connectivity index (χ0n) is 14.1. The molecule has 0 amide bonds. The summed E-state index contributed by atoms with van der Waals surface area (Å²) in [6.07, 6.45) is 0.292. The van der Waals surface area contributed by atoms with E-state index in [0.29, 0.717) is 6.10 Å². The fourth-order valence-electron chi connectivity index (χ4n) is 2.21. The summed E-state index contributed by atoms with van der Waals surface area (Å²) >= 11 is 0. The Morgan fingerprint density at radius 1 is 1.24 bits per heavy atom. The predicted molar refractivity (Wildman–Crippen MR) is 89.1 cm³/mol. The first kappa shape index (κ1) is 18.0. The van der Waals surface area contributed by atoms with Crippen molar-refractivity contribution >= 4 is 5.69 Å². The van der Waals surface area contributed by atoms with Gasteiger partial charge in [0.1, 0.15) is 0 Å². The molecule has 0 aliphatic carbocycles. The fraction of sp³-hybridized carbons (Fsp3) is 0.647. The molecule has 120 valence electrons. The Morgan fingerprint density at radius 3 is 2.62 bits per heavy atom. The minimum atomic E-state index is 0.292. The van der Waals surface area contributed by atoms with Gasteiger partial charge in [-0.05, 0) is 38.0 Å². The molecule has 21 heavy (non-hydrogen) atoms. The Balaban J connectivity index is 2.48. The number of aryl methyl sites for hydroxylation is 1. The van der Waals surface area contributed by atoms with Crippen LogP contribution in [0.1, 0.15) is 25.0 Å². The van der Waals surface area contributed by atoms with Crippen molar-refractivity contribution in [1.82, 2.24) is 5.32 Å². The SMILES string of the molecule is COCCNCc1ccc(N(C)CCOC(C)C)c(C)c1. The van der Waals surface area contributed by atoms with Gasteiger partial charge in [-0.3, -0.25) is 0 Å². The quantitative estimate of drug-likeness (QED) is 0.673. The number of methoxy groups -OCH3 is 1. The van der Waals surface area contributed by atoms with Gasteiger partial charge in [-0.1, -0.05) is 12.1 Å². The Hall–Kier alpha value is -1.10. The predicted octanol–water partition coefficient (Wildman–Crippen LogP) is 2.59. The molecule has 0 heterocycles. The van der Waals surface area contributed by atoms with Gasteiger partial charge in [0, 0.05) is 39.5 Å². The number of nitrogens with one attached hydrogen (secondary N) is 1. The third-order valence-corrected chi connectivity index (χ3v) is 3.36. The van der Waals surface area contributed by atoms with Gasteiger partial charge >= 0.3 is 0 Å². The second-order valence-electron chi connectivity index (χ2n) is 5.63. The largest absolute Gasteiger partial charge is 0.383 e. The lowest BCUT2D eigenvalue weighted by Gasteiger charge is -2.22. The van der Waals surface area contributed by atoms with Crippen LogP contribution in [0.15, 0.2) is 18.2 Å². The molecule has 0 radical (unpaired) electrons. The maximum atomic E-state index is 5.61. The van der Waals surface area contributed by atoms with Crippen LogP contribution in [0.2, 0.25) is 0 Å². The van der Waals surface area contributed by atoms with E-state index in [1.165, 1.54) is 16.8 Å². The summed E-state index contributed by atoms with van der Waals surface area (Å²) in [6.45, 7) is 10.5. The van der Waals surface area contributed by atoms with Crippen LogP contribution in [0.25, 0.3) is 0 Å². The summed E-state index contributed by atoms with van der Waals surface area (Å²) in [4.78, 5) is 2.25. The van der Waals surface area contributed by atoms with Crippen molar-refractivity contribution in [2.45, 2.75) is 33.4 Å². The zero-order valence-corrected chi connectivity index (χ0v) is 14.1. The normalized spacial score (nSPS) is 11.1. The lowest BCUT2D eigenvalue weighted by Crippen LogP contribution is -2.24. The molecular weight excluding hydrogens is 264 g/mol. The molecule has 1 aromatic carbocycles. The molecule has 0 unspecified atom stereocenters. The standard InChI is InChI=1S/C17H30N2O2/c1-14(2)21-11-9-19(4)17-7-6-16(12-15(17)3)13-18-8-10-20-5/h6-7,12,14,18H,8-11,13H2,1-5H3. The minimum absolute atomic E-state index is 0.292. The highest BCUT2D eigenvalue weighted by Crippen LogP contribution is 2.20. The van der Waals surface area contributed by atoms with Crippen molar-refractivity contribution in [1.29, 1.82) is 0 Å². The number of likely N-dealkylation sites (N-methyl/N-ethyl adjacent to an activating group) is 1. The second kappa shape index (κ2) is 9.77. The molecule has 1 aromatic rings. The van der Waals surface area contributed by atoms with Gasteiger partial charge < -0.3 is 19.7 Å².